The molecule has 0 unspecified atom stereocenters. The number of β-amino-alcohol motifs (C(OH)–C–C–N with tert-alkyl or cyclic N) is 1. The van der Waals surface area contributed by atoms with Crippen LogP contribution in [0.1, 0.15) is 54.9 Å². The fourth-order valence-corrected chi connectivity index (χ4v) is 3.80. The monoisotopic (exact) mass is 330 g/mol. The number of rotatable bonds is 4. The Kier molecular flexibility index (Phi) is 4.10. The third kappa shape index (κ3) is 2.84. The molecule has 2 aromatic rings. The predicted octanol–water partition coefficient (Wildman–Crippen LogP) is 2.53. The molecule has 1 N–H and O–H groups in total. The maximum Gasteiger partial charge on any atom is 0.146 e. The van der Waals surface area contributed by atoms with Crippen molar-refractivity contribution in [3.63, 3.8) is 0 Å². The summed E-state index contributed by atoms with van der Waals surface area (Å²) in [6, 6.07) is 6.66. The molecule has 24 heavy (non-hydrogen) atoms. The van der Waals surface area contributed by atoms with E-state index >= 15 is 0 Å². The summed E-state index contributed by atoms with van der Waals surface area (Å²) in [5.74, 6) is 2.32. The minimum atomic E-state index is -0.362. The SMILES string of the molecule is Cn1c(CN2C[C@@H](O)C[C@@H]2c2ccc(F)cc2)nnc1C1CCC1. The van der Waals surface area contributed by atoms with Gasteiger partial charge in [-0.3, -0.25) is 4.90 Å². The molecule has 128 valence electrons. The molecule has 5 nitrogen and oxygen atoms in total. The zero-order valence-corrected chi connectivity index (χ0v) is 13.9. The molecule has 1 aromatic heterocycles. The third-order valence-electron chi connectivity index (χ3n) is 5.45. The molecule has 0 radical (unpaired) electrons. The van der Waals surface area contributed by atoms with Crippen LogP contribution in [0.15, 0.2) is 24.3 Å². The van der Waals surface area contributed by atoms with E-state index in [9.17, 15) is 9.50 Å². The smallest absolute Gasteiger partial charge is 0.146 e. The first-order chi connectivity index (χ1) is 11.6. The molecular weight excluding hydrogens is 307 g/mol. The second-order valence-corrected chi connectivity index (χ2v) is 7.05. The lowest BCUT2D eigenvalue weighted by Gasteiger charge is -2.26. The highest BCUT2D eigenvalue weighted by Crippen LogP contribution is 2.36. The van der Waals surface area contributed by atoms with Crippen LogP contribution in [0.5, 0.6) is 0 Å². The molecule has 2 fully saturated rings. The van der Waals surface area contributed by atoms with Gasteiger partial charge in [0.1, 0.15) is 17.5 Å². The minimum absolute atomic E-state index is 0.0875. The number of hydrogen-bond acceptors (Lipinski definition) is 4. The first kappa shape index (κ1) is 15.7. The lowest BCUT2D eigenvalue weighted by Crippen LogP contribution is -2.26. The zero-order chi connectivity index (χ0) is 16.7. The number of hydrogen-bond donors (Lipinski definition) is 1. The van der Waals surface area contributed by atoms with Crippen LogP contribution < -0.4 is 0 Å². The van der Waals surface area contributed by atoms with Gasteiger partial charge in [0, 0.05) is 25.6 Å². The fraction of sp³-hybridized carbons (Fsp3) is 0.556. The van der Waals surface area contributed by atoms with Gasteiger partial charge in [-0.15, -0.1) is 10.2 Å². The molecule has 2 heterocycles. The van der Waals surface area contributed by atoms with Crippen LogP contribution in [0.2, 0.25) is 0 Å². The molecule has 0 bridgehead atoms. The van der Waals surface area contributed by atoms with E-state index in [4.69, 9.17) is 0 Å². The van der Waals surface area contributed by atoms with E-state index in [1.165, 1.54) is 31.4 Å². The summed E-state index contributed by atoms with van der Waals surface area (Å²) in [4.78, 5) is 2.21. The van der Waals surface area contributed by atoms with Crippen LogP contribution in [0.25, 0.3) is 0 Å². The molecule has 1 aliphatic carbocycles. The van der Waals surface area contributed by atoms with Gasteiger partial charge in [0.25, 0.3) is 0 Å². The van der Waals surface area contributed by atoms with Crippen LogP contribution >= 0.6 is 0 Å². The summed E-state index contributed by atoms with van der Waals surface area (Å²) in [7, 11) is 2.03. The van der Waals surface area contributed by atoms with Gasteiger partial charge < -0.3 is 9.67 Å². The second-order valence-electron chi connectivity index (χ2n) is 7.05. The number of aliphatic hydroxyl groups is 1. The molecule has 6 heteroatoms. The lowest BCUT2D eigenvalue weighted by atomic mass is 9.85. The van der Waals surface area contributed by atoms with E-state index in [2.05, 4.69) is 19.7 Å². The molecule has 4 rings (SSSR count). The predicted molar refractivity (Wildman–Crippen MR) is 87.8 cm³/mol. The van der Waals surface area contributed by atoms with Crippen molar-refractivity contribution < 1.29 is 9.50 Å². The molecule has 1 aromatic carbocycles. The number of aliphatic hydroxyl groups excluding tert-OH is 1. The Morgan fingerprint density at radius 3 is 2.62 bits per heavy atom. The Morgan fingerprint density at radius 1 is 1.21 bits per heavy atom. The van der Waals surface area contributed by atoms with Crippen LogP contribution in [0, 0.1) is 5.82 Å². The van der Waals surface area contributed by atoms with Crippen LogP contribution in [-0.2, 0) is 13.6 Å². The normalized spacial score (nSPS) is 25.1. The molecule has 0 spiro atoms. The van der Waals surface area contributed by atoms with E-state index in [1.54, 1.807) is 0 Å². The average molecular weight is 330 g/mol. The van der Waals surface area contributed by atoms with Gasteiger partial charge in [-0.1, -0.05) is 18.6 Å². The molecule has 1 saturated carbocycles. The summed E-state index contributed by atoms with van der Waals surface area (Å²) >= 11 is 0. The standard InChI is InChI=1S/C18H23FN4O/c1-22-17(20-21-18(22)13-3-2-4-13)11-23-10-15(24)9-16(23)12-5-7-14(19)8-6-12/h5-8,13,15-16,24H,2-4,9-11H2,1H3/t15-,16+/m0/s1. The number of nitrogens with zero attached hydrogens (tertiary/aromatic N) is 4. The Balaban J connectivity index is 1.54. The number of halogens is 1. The van der Waals surface area contributed by atoms with Gasteiger partial charge in [0.2, 0.25) is 0 Å². The third-order valence-corrected chi connectivity index (χ3v) is 5.45. The quantitative estimate of drug-likeness (QED) is 0.936. The molecule has 2 atom stereocenters. The first-order valence-electron chi connectivity index (χ1n) is 8.67. The number of benzene rings is 1. The maximum absolute atomic E-state index is 13.2. The summed E-state index contributed by atoms with van der Waals surface area (Å²) in [5, 5.41) is 18.9. The second kappa shape index (κ2) is 6.26. The van der Waals surface area contributed by atoms with Gasteiger partial charge in [0.05, 0.1) is 12.6 Å². The average Bonchev–Trinajstić information content (AvgIpc) is 3.04. The van der Waals surface area contributed by atoms with Crippen LogP contribution in [-0.4, -0.2) is 37.4 Å². The largest absolute Gasteiger partial charge is 0.392 e. The van der Waals surface area contributed by atoms with Crippen molar-refractivity contribution in [3.05, 3.63) is 47.3 Å². The van der Waals surface area contributed by atoms with Gasteiger partial charge in [-0.2, -0.15) is 0 Å². The van der Waals surface area contributed by atoms with E-state index < -0.39 is 0 Å². The van der Waals surface area contributed by atoms with Crippen molar-refractivity contribution in [3.8, 4) is 0 Å². The van der Waals surface area contributed by atoms with Crippen LogP contribution in [0.4, 0.5) is 4.39 Å². The van der Waals surface area contributed by atoms with Crippen molar-refractivity contribution in [1.29, 1.82) is 0 Å². The fourth-order valence-electron chi connectivity index (χ4n) is 3.80. The highest BCUT2D eigenvalue weighted by Gasteiger charge is 2.33. The highest BCUT2D eigenvalue weighted by atomic mass is 19.1. The van der Waals surface area contributed by atoms with Gasteiger partial charge in [-0.05, 0) is 37.0 Å². The maximum atomic E-state index is 13.2. The number of aromatic nitrogens is 3. The Labute approximate surface area is 141 Å². The van der Waals surface area contributed by atoms with E-state index in [-0.39, 0.29) is 18.0 Å². The van der Waals surface area contributed by atoms with E-state index in [0.29, 0.717) is 25.4 Å². The Morgan fingerprint density at radius 2 is 1.96 bits per heavy atom. The molecule has 1 aliphatic heterocycles. The van der Waals surface area contributed by atoms with Crippen molar-refractivity contribution in [2.75, 3.05) is 6.54 Å². The highest BCUT2D eigenvalue weighted by molar-refractivity contribution is 5.21. The van der Waals surface area contributed by atoms with Crippen molar-refractivity contribution in [2.45, 2.75) is 50.3 Å². The molecule has 1 saturated heterocycles. The Hall–Kier alpha value is -1.79. The topological polar surface area (TPSA) is 54.2 Å². The van der Waals surface area contributed by atoms with Gasteiger partial charge in [0.15, 0.2) is 0 Å². The summed E-state index contributed by atoms with van der Waals surface area (Å²) < 4.78 is 15.3. The molecule has 2 aliphatic rings. The Bertz CT molecular complexity index is 710. The summed E-state index contributed by atoms with van der Waals surface area (Å²) in [5.41, 5.74) is 1.04. The van der Waals surface area contributed by atoms with Gasteiger partial charge in [-0.25, -0.2) is 4.39 Å². The van der Waals surface area contributed by atoms with Crippen LogP contribution in [0.3, 0.4) is 0 Å². The lowest BCUT2D eigenvalue weighted by molar-refractivity contribution is 0.170. The molecular formula is C18H23FN4O. The van der Waals surface area contributed by atoms with Gasteiger partial charge >= 0.3 is 0 Å². The summed E-state index contributed by atoms with van der Waals surface area (Å²) in [6.45, 7) is 1.25. The first-order valence-corrected chi connectivity index (χ1v) is 8.67. The van der Waals surface area contributed by atoms with Crippen molar-refractivity contribution >= 4 is 0 Å². The molecule has 0 amide bonds. The number of likely N-dealkylation sites (tertiary alicyclic amines) is 1. The van der Waals surface area contributed by atoms with Crippen molar-refractivity contribution in [1.82, 2.24) is 19.7 Å². The summed E-state index contributed by atoms with van der Waals surface area (Å²) in [6.07, 6.45) is 3.98. The van der Waals surface area contributed by atoms with E-state index in [0.717, 1.165) is 17.2 Å². The van der Waals surface area contributed by atoms with Crippen molar-refractivity contribution in [2.24, 2.45) is 7.05 Å². The van der Waals surface area contributed by atoms with E-state index in [1.807, 2.05) is 19.2 Å². The zero-order valence-electron chi connectivity index (χ0n) is 13.9. The minimum Gasteiger partial charge on any atom is -0.392 e.